The van der Waals surface area contributed by atoms with E-state index in [1.807, 2.05) is 17.0 Å². The lowest BCUT2D eigenvalue weighted by Crippen LogP contribution is -2.35. The van der Waals surface area contributed by atoms with Gasteiger partial charge >= 0.3 is 5.97 Å². The van der Waals surface area contributed by atoms with Crippen molar-refractivity contribution >= 4 is 28.6 Å². The monoisotopic (exact) mass is 391 g/mol. The van der Waals surface area contributed by atoms with Crippen LogP contribution in [0.2, 0.25) is 0 Å². The van der Waals surface area contributed by atoms with Crippen LogP contribution in [-0.2, 0) is 11.3 Å². The molecule has 1 aromatic rings. The molecular weight excluding hydrogens is 373 g/mol. The largest absolute Gasteiger partial charge is 0.493 e. The standard InChI is InChI=1S/C14H18INO4/c1-19-12-7-9(6-10(15)13(12)20-2)8-16-5-3-4-11(16)14(17)18/h6-7,11H,3-5,8H2,1-2H3,(H,17,18)/t11-/m1/s1. The van der Waals surface area contributed by atoms with Gasteiger partial charge in [-0.2, -0.15) is 0 Å². The molecule has 110 valence electrons. The number of carboxylic acids is 1. The van der Waals surface area contributed by atoms with Crippen LogP contribution in [0.1, 0.15) is 18.4 Å². The summed E-state index contributed by atoms with van der Waals surface area (Å²) in [6, 6.07) is 3.55. The van der Waals surface area contributed by atoms with E-state index in [9.17, 15) is 9.90 Å². The van der Waals surface area contributed by atoms with Crippen molar-refractivity contribution in [1.82, 2.24) is 4.90 Å². The highest BCUT2D eigenvalue weighted by Gasteiger charge is 2.30. The van der Waals surface area contributed by atoms with Crippen molar-refractivity contribution in [3.05, 3.63) is 21.3 Å². The van der Waals surface area contributed by atoms with E-state index < -0.39 is 5.97 Å². The molecule has 0 bridgehead atoms. The van der Waals surface area contributed by atoms with E-state index in [0.29, 0.717) is 18.0 Å². The molecule has 0 aliphatic carbocycles. The Morgan fingerprint density at radius 1 is 1.45 bits per heavy atom. The van der Waals surface area contributed by atoms with Crippen molar-refractivity contribution < 1.29 is 19.4 Å². The molecule has 20 heavy (non-hydrogen) atoms. The van der Waals surface area contributed by atoms with Crippen LogP contribution in [0.4, 0.5) is 0 Å². The third kappa shape index (κ3) is 3.17. The molecule has 6 heteroatoms. The van der Waals surface area contributed by atoms with Crippen LogP contribution < -0.4 is 9.47 Å². The third-order valence-corrected chi connectivity index (χ3v) is 4.33. The smallest absolute Gasteiger partial charge is 0.320 e. The minimum Gasteiger partial charge on any atom is -0.493 e. The molecule has 0 radical (unpaired) electrons. The minimum absolute atomic E-state index is 0.374. The van der Waals surface area contributed by atoms with E-state index in [-0.39, 0.29) is 6.04 Å². The molecule has 0 aromatic heterocycles. The molecule has 1 aliphatic rings. The maximum absolute atomic E-state index is 11.2. The molecule has 0 unspecified atom stereocenters. The molecule has 5 nitrogen and oxygen atoms in total. The Morgan fingerprint density at radius 3 is 2.80 bits per heavy atom. The average molecular weight is 391 g/mol. The fraction of sp³-hybridized carbons (Fsp3) is 0.500. The minimum atomic E-state index is -0.738. The van der Waals surface area contributed by atoms with Gasteiger partial charge in [-0.05, 0) is 59.7 Å². The van der Waals surface area contributed by atoms with Gasteiger partial charge in [-0.3, -0.25) is 9.69 Å². The van der Waals surface area contributed by atoms with Crippen LogP contribution in [0.3, 0.4) is 0 Å². The van der Waals surface area contributed by atoms with Gasteiger partial charge in [-0.25, -0.2) is 0 Å². The molecule has 1 fully saturated rings. The van der Waals surface area contributed by atoms with Crippen LogP contribution in [0.25, 0.3) is 0 Å². The Morgan fingerprint density at radius 2 is 2.20 bits per heavy atom. The lowest BCUT2D eigenvalue weighted by Gasteiger charge is -2.22. The highest BCUT2D eigenvalue weighted by molar-refractivity contribution is 14.1. The number of ether oxygens (including phenoxy) is 2. The first-order valence-electron chi connectivity index (χ1n) is 6.44. The number of nitrogens with zero attached hydrogens (tertiary/aromatic N) is 1. The van der Waals surface area contributed by atoms with Gasteiger partial charge in [0.1, 0.15) is 6.04 Å². The number of halogens is 1. The number of carbonyl (C=O) groups is 1. The highest BCUT2D eigenvalue weighted by atomic mass is 127. The second-order valence-electron chi connectivity index (χ2n) is 4.78. The molecule has 0 amide bonds. The summed E-state index contributed by atoms with van der Waals surface area (Å²) in [6.07, 6.45) is 1.65. The Labute approximate surface area is 132 Å². The van der Waals surface area contributed by atoms with Crippen molar-refractivity contribution in [3.63, 3.8) is 0 Å². The van der Waals surface area contributed by atoms with Gasteiger partial charge in [0.05, 0.1) is 17.8 Å². The molecule has 0 saturated carbocycles. The van der Waals surface area contributed by atoms with Crippen molar-refractivity contribution in [2.24, 2.45) is 0 Å². The molecule has 1 aromatic carbocycles. The average Bonchev–Trinajstić information content (AvgIpc) is 2.86. The highest BCUT2D eigenvalue weighted by Crippen LogP contribution is 2.34. The zero-order chi connectivity index (χ0) is 14.7. The lowest BCUT2D eigenvalue weighted by atomic mass is 10.1. The normalized spacial score (nSPS) is 19.1. The molecule has 1 saturated heterocycles. The lowest BCUT2D eigenvalue weighted by molar-refractivity contribution is -0.142. The van der Waals surface area contributed by atoms with Gasteiger partial charge in [0, 0.05) is 6.54 Å². The van der Waals surface area contributed by atoms with Crippen molar-refractivity contribution in [2.45, 2.75) is 25.4 Å². The van der Waals surface area contributed by atoms with Crippen LogP contribution in [-0.4, -0.2) is 42.8 Å². The number of carboxylic acid groups (broad SMARTS) is 1. The van der Waals surface area contributed by atoms with Gasteiger partial charge in [0.2, 0.25) is 0 Å². The first-order chi connectivity index (χ1) is 9.56. The van der Waals surface area contributed by atoms with Gasteiger partial charge in [-0.15, -0.1) is 0 Å². The van der Waals surface area contributed by atoms with Gasteiger partial charge in [0.25, 0.3) is 0 Å². The summed E-state index contributed by atoms with van der Waals surface area (Å²) in [5, 5.41) is 9.21. The number of aliphatic carboxylic acids is 1. The Hall–Kier alpha value is -1.02. The fourth-order valence-corrected chi connectivity index (χ4v) is 3.48. The zero-order valence-electron chi connectivity index (χ0n) is 11.6. The molecule has 0 spiro atoms. The summed E-state index contributed by atoms with van der Waals surface area (Å²) in [7, 11) is 3.22. The molecule has 1 N–H and O–H groups in total. The summed E-state index contributed by atoms with van der Waals surface area (Å²) >= 11 is 2.20. The predicted molar refractivity (Wildman–Crippen MR) is 83.3 cm³/mol. The van der Waals surface area contributed by atoms with E-state index in [1.165, 1.54) is 0 Å². The molecule has 1 atom stereocenters. The number of benzene rings is 1. The second-order valence-corrected chi connectivity index (χ2v) is 5.94. The van der Waals surface area contributed by atoms with Gasteiger partial charge in [-0.1, -0.05) is 0 Å². The van der Waals surface area contributed by atoms with Crippen LogP contribution in [0, 0.1) is 3.57 Å². The number of hydrogen-bond donors (Lipinski definition) is 1. The maximum atomic E-state index is 11.2. The summed E-state index contributed by atoms with van der Waals surface area (Å²) < 4.78 is 11.6. The topological polar surface area (TPSA) is 59.0 Å². The number of rotatable bonds is 5. The van der Waals surface area contributed by atoms with Crippen LogP contribution in [0.15, 0.2) is 12.1 Å². The van der Waals surface area contributed by atoms with Gasteiger partial charge < -0.3 is 14.6 Å². The summed E-state index contributed by atoms with van der Waals surface area (Å²) in [5.41, 5.74) is 1.04. The molecular formula is C14H18INO4. The third-order valence-electron chi connectivity index (χ3n) is 3.53. The number of methoxy groups -OCH3 is 2. The van der Waals surface area contributed by atoms with E-state index in [0.717, 1.165) is 28.5 Å². The van der Waals surface area contributed by atoms with E-state index in [1.54, 1.807) is 14.2 Å². The Bertz CT molecular complexity index is 506. The van der Waals surface area contributed by atoms with Gasteiger partial charge in [0.15, 0.2) is 11.5 Å². The first-order valence-corrected chi connectivity index (χ1v) is 7.52. The molecule has 1 aliphatic heterocycles. The Balaban J connectivity index is 2.21. The van der Waals surface area contributed by atoms with E-state index in [2.05, 4.69) is 22.6 Å². The molecule has 2 rings (SSSR count). The maximum Gasteiger partial charge on any atom is 0.320 e. The van der Waals surface area contributed by atoms with E-state index >= 15 is 0 Å². The fourth-order valence-electron chi connectivity index (χ4n) is 2.59. The van der Waals surface area contributed by atoms with Crippen molar-refractivity contribution in [1.29, 1.82) is 0 Å². The summed E-state index contributed by atoms with van der Waals surface area (Å²) in [4.78, 5) is 13.2. The predicted octanol–water partition coefficient (Wildman–Crippen LogP) is 2.36. The second kappa shape index (κ2) is 6.62. The summed E-state index contributed by atoms with van der Waals surface area (Å²) in [6.45, 7) is 1.44. The van der Waals surface area contributed by atoms with Crippen molar-refractivity contribution in [3.8, 4) is 11.5 Å². The zero-order valence-corrected chi connectivity index (χ0v) is 13.7. The van der Waals surface area contributed by atoms with Crippen LogP contribution in [0.5, 0.6) is 11.5 Å². The first kappa shape index (κ1) is 15.4. The molecule has 1 heterocycles. The van der Waals surface area contributed by atoms with E-state index in [4.69, 9.17) is 9.47 Å². The van der Waals surface area contributed by atoms with Crippen molar-refractivity contribution in [2.75, 3.05) is 20.8 Å². The Kier molecular flexibility index (Phi) is 5.09. The van der Waals surface area contributed by atoms with Crippen LogP contribution >= 0.6 is 22.6 Å². The number of likely N-dealkylation sites (tertiary alicyclic amines) is 1. The number of hydrogen-bond acceptors (Lipinski definition) is 4. The quantitative estimate of drug-likeness (QED) is 0.782. The SMILES string of the molecule is COc1cc(CN2CCC[C@@H]2C(=O)O)cc(I)c1OC. The summed E-state index contributed by atoms with van der Waals surface area (Å²) in [5.74, 6) is 0.659.